The first-order valence-electron chi connectivity index (χ1n) is 6.75. The van der Waals surface area contributed by atoms with Crippen molar-refractivity contribution in [1.82, 2.24) is 5.32 Å². The smallest absolute Gasteiger partial charge is 0.309 e. The predicted molar refractivity (Wildman–Crippen MR) is 78.3 cm³/mol. The lowest BCUT2D eigenvalue weighted by molar-refractivity contribution is -0.138. The van der Waals surface area contributed by atoms with Crippen molar-refractivity contribution in [2.75, 3.05) is 7.05 Å². The molecule has 0 aliphatic rings. The maximum atomic E-state index is 13.2. The number of aryl methyl sites for hydroxylation is 2. The van der Waals surface area contributed by atoms with Crippen molar-refractivity contribution in [2.45, 2.75) is 26.1 Å². The zero-order valence-corrected chi connectivity index (χ0v) is 12.3. The molecule has 0 radical (unpaired) electrons. The van der Waals surface area contributed by atoms with Gasteiger partial charge in [0.15, 0.2) is 0 Å². The Morgan fingerprint density at radius 3 is 2.00 bits per heavy atom. The minimum atomic E-state index is -4.36. The molecule has 0 bridgehead atoms. The molecule has 0 aliphatic heterocycles. The van der Waals surface area contributed by atoms with E-state index in [1.54, 1.807) is 13.1 Å². The molecule has 2 aromatic rings. The van der Waals surface area contributed by atoms with Gasteiger partial charge < -0.3 is 5.32 Å². The summed E-state index contributed by atoms with van der Waals surface area (Å²) in [5, 5.41) is 3.03. The van der Waals surface area contributed by atoms with Crippen LogP contribution in [0, 0.1) is 13.8 Å². The summed E-state index contributed by atoms with van der Waals surface area (Å²) in [4.78, 5) is 0. The zero-order chi connectivity index (χ0) is 15.6. The van der Waals surface area contributed by atoms with Gasteiger partial charge in [-0.1, -0.05) is 36.4 Å². The van der Waals surface area contributed by atoms with Crippen molar-refractivity contribution in [1.29, 1.82) is 0 Å². The molecule has 21 heavy (non-hydrogen) atoms. The zero-order valence-electron chi connectivity index (χ0n) is 12.3. The Labute approximate surface area is 122 Å². The van der Waals surface area contributed by atoms with Crippen molar-refractivity contribution < 1.29 is 13.2 Å². The van der Waals surface area contributed by atoms with Gasteiger partial charge in [0.2, 0.25) is 0 Å². The van der Waals surface area contributed by atoms with Gasteiger partial charge in [0.1, 0.15) is 0 Å². The highest BCUT2D eigenvalue weighted by atomic mass is 19.4. The first-order chi connectivity index (χ1) is 9.86. The van der Waals surface area contributed by atoms with Crippen LogP contribution < -0.4 is 5.32 Å². The van der Waals surface area contributed by atoms with E-state index < -0.39 is 17.8 Å². The number of benzene rings is 2. The second-order valence-electron chi connectivity index (χ2n) is 5.11. The van der Waals surface area contributed by atoms with Gasteiger partial charge >= 0.3 is 6.18 Å². The van der Waals surface area contributed by atoms with E-state index in [0.29, 0.717) is 0 Å². The van der Waals surface area contributed by atoms with Gasteiger partial charge in [-0.05, 0) is 49.2 Å². The molecule has 0 fully saturated rings. The average molecular weight is 293 g/mol. The topological polar surface area (TPSA) is 12.0 Å². The first kappa shape index (κ1) is 15.6. The van der Waals surface area contributed by atoms with E-state index in [1.807, 2.05) is 32.0 Å². The highest BCUT2D eigenvalue weighted by molar-refractivity contribution is 5.45. The van der Waals surface area contributed by atoms with Crippen molar-refractivity contribution in [3.63, 3.8) is 0 Å². The predicted octanol–water partition coefficient (Wildman–Crippen LogP) is 4.63. The van der Waals surface area contributed by atoms with E-state index in [4.69, 9.17) is 0 Å². The molecule has 0 aliphatic carbocycles. The number of halogens is 3. The van der Waals surface area contributed by atoms with Crippen LogP contribution in [0.1, 0.15) is 33.9 Å². The molecule has 0 spiro atoms. The highest BCUT2D eigenvalue weighted by Crippen LogP contribution is 2.37. The molecular weight excluding hydrogens is 275 g/mol. The van der Waals surface area contributed by atoms with Crippen molar-refractivity contribution >= 4 is 0 Å². The lowest BCUT2D eigenvalue weighted by Gasteiger charge is -2.24. The molecule has 1 atom stereocenters. The summed E-state index contributed by atoms with van der Waals surface area (Å²) in [6, 6.07) is 11.0. The van der Waals surface area contributed by atoms with Gasteiger partial charge in [0.05, 0.1) is 11.6 Å². The van der Waals surface area contributed by atoms with Crippen LogP contribution in [0.15, 0.2) is 42.5 Å². The lowest BCUT2D eigenvalue weighted by atomic mass is 9.89. The molecule has 1 N–H and O–H groups in total. The molecule has 4 heteroatoms. The molecule has 0 saturated heterocycles. The molecule has 1 unspecified atom stereocenters. The molecular formula is C17H18F3N. The minimum Gasteiger partial charge on any atom is -0.309 e. The van der Waals surface area contributed by atoms with E-state index in [-0.39, 0.29) is 5.56 Å². The molecule has 112 valence electrons. The average Bonchev–Trinajstić information content (AvgIpc) is 2.42. The van der Waals surface area contributed by atoms with Crippen LogP contribution in [0.3, 0.4) is 0 Å². The Bertz CT molecular complexity index is 612. The maximum absolute atomic E-state index is 13.2. The Balaban J connectivity index is 2.63. The normalized spacial score (nSPS) is 13.2. The van der Waals surface area contributed by atoms with Gasteiger partial charge in [-0.25, -0.2) is 0 Å². The fourth-order valence-electron chi connectivity index (χ4n) is 2.74. The number of nitrogens with one attached hydrogen (secondary N) is 1. The molecule has 0 aromatic heterocycles. The Hall–Kier alpha value is -1.81. The minimum absolute atomic E-state index is 0.255. The molecule has 2 rings (SSSR count). The molecule has 1 nitrogen and oxygen atoms in total. The van der Waals surface area contributed by atoms with Crippen LogP contribution >= 0.6 is 0 Å². The third kappa shape index (κ3) is 3.10. The number of hydrogen-bond acceptors (Lipinski definition) is 1. The molecule has 0 saturated carbocycles. The largest absolute Gasteiger partial charge is 0.416 e. The van der Waals surface area contributed by atoms with Gasteiger partial charge in [-0.2, -0.15) is 13.2 Å². The standard InChI is InChI=1S/C17H18F3N/c1-11-7-6-8-12(2)15(11)16(21-3)13-9-4-5-10-14(13)17(18,19)20/h4-10,16,21H,1-3H3. The van der Waals surface area contributed by atoms with E-state index in [9.17, 15) is 13.2 Å². The van der Waals surface area contributed by atoms with E-state index in [2.05, 4.69) is 5.32 Å². The van der Waals surface area contributed by atoms with E-state index >= 15 is 0 Å². The third-order valence-corrected chi connectivity index (χ3v) is 3.70. The summed E-state index contributed by atoms with van der Waals surface area (Å²) in [7, 11) is 1.68. The quantitative estimate of drug-likeness (QED) is 0.870. The van der Waals surface area contributed by atoms with Crippen LogP contribution in [-0.4, -0.2) is 7.05 Å². The van der Waals surface area contributed by atoms with Crippen molar-refractivity contribution in [3.05, 3.63) is 70.3 Å². The monoisotopic (exact) mass is 293 g/mol. The maximum Gasteiger partial charge on any atom is 0.416 e. The third-order valence-electron chi connectivity index (χ3n) is 3.70. The summed E-state index contributed by atoms with van der Waals surface area (Å²) in [6.07, 6.45) is -4.36. The van der Waals surface area contributed by atoms with E-state index in [0.717, 1.165) is 22.8 Å². The second kappa shape index (κ2) is 5.90. The molecule has 0 amide bonds. The van der Waals surface area contributed by atoms with Crippen LogP contribution in [0.4, 0.5) is 13.2 Å². The highest BCUT2D eigenvalue weighted by Gasteiger charge is 2.35. The van der Waals surface area contributed by atoms with Gasteiger partial charge in [-0.3, -0.25) is 0 Å². The summed E-state index contributed by atoms with van der Waals surface area (Å²) >= 11 is 0. The van der Waals surface area contributed by atoms with Crippen LogP contribution in [-0.2, 0) is 6.18 Å². The van der Waals surface area contributed by atoms with Crippen LogP contribution in [0.25, 0.3) is 0 Å². The fourth-order valence-corrected chi connectivity index (χ4v) is 2.74. The van der Waals surface area contributed by atoms with Crippen molar-refractivity contribution in [3.8, 4) is 0 Å². The Kier molecular flexibility index (Phi) is 4.37. The Morgan fingerprint density at radius 2 is 1.48 bits per heavy atom. The fraction of sp³-hybridized carbons (Fsp3) is 0.294. The van der Waals surface area contributed by atoms with Gasteiger partial charge in [0, 0.05) is 0 Å². The van der Waals surface area contributed by atoms with Crippen LogP contribution in [0.5, 0.6) is 0 Å². The van der Waals surface area contributed by atoms with E-state index in [1.165, 1.54) is 12.1 Å². The lowest BCUT2D eigenvalue weighted by Crippen LogP contribution is -2.23. The molecule has 2 aromatic carbocycles. The van der Waals surface area contributed by atoms with Gasteiger partial charge in [0.25, 0.3) is 0 Å². The summed E-state index contributed by atoms with van der Waals surface area (Å²) in [5.41, 5.74) is 2.52. The van der Waals surface area contributed by atoms with Crippen molar-refractivity contribution in [2.24, 2.45) is 0 Å². The summed E-state index contributed by atoms with van der Waals surface area (Å²) in [6.45, 7) is 3.84. The molecule has 0 heterocycles. The summed E-state index contributed by atoms with van der Waals surface area (Å²) in [5.74, 6) is 0. The number of alkyl halides is 3. The number of hydrogen-bond donors (Lipinski definition) is 1. The SMILES string of the molecule is CNC(c1ccccc1C(F)(F)F)c1c(C)cccc1C. The van der Waals surface area contributed by atoms with Crippen LogP contribution in [0.2, 0.25) is 0 Å². The Morgan fingerprint density at radius 1 is 0.905 bits per heavy atom. The first-order valence-corrected chi connectivity index (χ1v) is 6.75. The number of rotatable bonds is 3. The summed E-state index contributed by atoms with van der Waals surface area (Å²) < 4.78 is 39.7. The van der Waals surface area contributed by atoms with Gasteiger partial charge in [-0.15, -0.1) is 0 Å². The second-order valence-corrected chi connectivity index (χ2v) is 5.11.